The maximum Gasteiger partial charge on any atom is 0.235 e. The Kier molecular flexibility index (Phi) is 2.93. The number of ether oxygens (including phenoxy) is 1. The Hall–Kier alpha value is -1.39. The Morgan fingerprint density at radius 3 is 2.76 bits per heavy atom. The van der Waals surface area contributed by atoms with E-state index in [0.29, 0.717) is 17.3 Å². The predicted molar refractivity (Wildman–Crippen MR) is 61.4 cm³/mol. The third-order valence-electron chi connectivity index (χ3n) is 2.84. The van der Waals surface area contributed by atoms with Gasteiger partial charge in [-0.2, -0.15) is 9.38 Å². The molecule has 90 valence electrons. The number of benzene rings is 1. The quantitative estimate of drug-likeness (QED) is 0.690. The first-order chi connectivity index (χ1) is 8.05. The first kappa shape index (κ1) is 12.1. The Balaban J connectivity index is 2.61. The molecule has 1 fully saturated rings. The fraction of sp³-hybridized carbons (Fsp3) is 0.364. The number of phenolic OH excluding ortho intramolecular Hbond substituents is 1. The Labute approximate surface area is 105 Å². The second-order valence-corrected chi connectivity index (χ2v) is 4.69. The van der Waals surface area contributed by atoms with Crippen molar-refractivity contribution < 1.29 is 19.0 Å². The summed E-state index contributed by atoms with van der Waals surface area (Å²) in [6.07, 6.45) is 2.64. The van der Waals surface area contributed by atoms with Gasteiger partial charge in [0.2, 0.25) is 11.9 Å². The molecule has 1 aromatic carbocycles. The minimum Gasteiger partial charge on any atom is -0.504 e. The summed E-state index contributed by atoms with van der Waals surface area (Å²) in [5, 5.41) is 9.77. The molecule has 1 aromatic rings. The van der Waals surface area contributed by atoms with Gasteiger partial charge in [-0.15, -0.1) is 0 Å². The number of carbonyl (C=O) groups excluding carboxylic acids is 1. The molecule has 6 heteroatoms. The lowest BCUT2D eigenvalue weighted by Crippen LogP contribution is -2.05. The molecule has 0 aromatic heterocycles. The van der Waals surface area contributed by atoms with Gasteiger partial charge in [0.15, 0.2) is 11.5 Å². The second-order valence-electron chi connectivity index (χ2n) is 3.84. The SMILES string of the molecule is COc1c(Br)cc(C2(N=C=O)CC2)c(O)c1F. The minimum atomic E-state index is -0.857. The van der Waals surface area contributed by atoms with E-state index in [-0.39, 0.29) is 11.3 Å². The van der Waals surface area contributed by atoms with E-state index in [1.807, 2.05) is 0 Å². The summed E-state index contributed by atoms with van der Waals surface area (Å²) < 4.78 is 19.0. The van der Waals surface area contributed by atoms with Crippen molar-refractivity contribution in [2.45, 2.75) is 18.4 Å². The van der Waals surface area contributed by atoms with Crippen LogP contribution in [0.25, 0.3) is 0 Å². The van der Waals surface area contributed by atoms with E-state index in [1.165, 1.54) is 19.3 Å². The normalized spacial score (nSPS) is 16.2. The fourth-order valence-electron chi connectivity index (χ4n) is 1.78. The molecule has 1 N–H and O–H groups in total. The van der Waals surface area contributed by atoms with Gasteiger partial charge in [-0.05, 0) is 34.8 Å². The monoisotopic (exact) mass is 301 g/mol. The largest absolute Gasteiger partial charge is 0.504 e. The van der Waals surface area contributed by atoms with Gasteiger partial charge in [-0.1, -0.05) is 0 Å². The summed E-state index contributed by atoms with van der Waals surface area (Å²) in [5.74, 6) is -1.46. The Bertz CT molecular complexity index is 522. The number of isocyanates is 1. The molecule has 1 aliphatic rings. The van der Waals surface area contributed by atoms with Crippen molar-refractivity contribution in [2.75, 3.05) is 7.11 Å². The molecule has 0 unspecified atom stereocenters. The summed E-state index contributed by atoms with van der Waals surface area (Å²) >= 11 is 3.15. The molecular formula is C11H9BrFNO3. The van der Waals surface area contributed by atoms with Crippen molar-refractivity contribution in [1.29, 1.82) is 0 Å². The standard InChI is InChI=1S/C11H9BrFNO3/c1-17-10-7(12)4-6(9(16)8(10)13)11(2-3-11)14-5-15/h4,16H,2-3H2,1H3. The van der Waals surface area contributed by atoms with E-state index in [4.69, 9.17) is 4.74 Å². The highest BCUT2D eigenvalue weighted by Crippen LogP contribution is 2.54. The molecule has 0 radical (unpaired) electrons. The van der Waals surface area contributed by atoms with E-state index in [1.54, 1.807) is 0 Å². The van der Waals surface area contributed by atoms with Gasteiger partial charge in [-0.3, -0.25) is 0 Å². The summed E-state index contributed by atoms with van der Waals surface area (Å²) in [7, 11) is 1.30. The van der Waals surface area contributed by atoms with Crippen LogP contribution in [0.3, 0.4) is 0 Å². The van der Waals surface area contributed by atoms with Gasteiger partial charge in [0.1, 0.15) is 5.54 Å². The van der Waals surface area contributed by atoms with Crippen molar-refractivity contribution in [1.82, 2.24) is 0 Å². The van der Waals surface area contributed by atoms with Crippen molar-refractivity contribution in [3.8, 4) is 11.5 Å². The van der Waals surface area contributed by atoms with Crippen LogP contribution in [0.5, 0.6) is 11.5 Å². The Morgan fingerprint density at radius 2 is 2.29 bits per heavy atom. The lowest BCUT2D eigenvalue weighted by atomic mass is 10.0. The lowest BCUT2D eigenvalue weighted by molar-refractivity contribution is 0.357. The molecule has 0 heterocycles. The molecule has 4 nitrogen and oxygen atoms in total. The highest BCUT2D eigenvalue weighted by molar-refractivity contribution is 9.10. The number of rotatable bonds is 3. The molecule has 1 saturated carbocycles. The van der Waals surface area contributed by atoms with Gasteiger partial charge in [0.25, 0.3) is 0 Å². The number of halogens is 2. The maximum absolute atomic E-state index is 13.8. The minimum absolute atomic E-state index is 0.0721. The summed E-state index contributed by atoms with van der Waals surface area (Å²) in [6, 6.07) is 1.52. The highest BCUT2D eigenvalue weighted by Gasteiger charge is 2.47. The molecule has 0 spiro atoms. The van der Waals surface area contributed by atoms with E-state index in [2.05, 4.69) is 20.9 Å². The molecule has 0 amide bonds. The number of aromatic hydroxyl groups is 1. The number of hydrogen-bond acceptors (Lipinski definition) is 4. The number of hydrogen-bond donors (Lipinski definition) is 1. The van der Waals surface area contributed by atoms with Crippen LogP contribution in [0.2, 0.25) is 0 Å². The molecule has 17 heavy (non-hydrogen) atoms. The van der Waals surface area contributed by atoms with Gasteiger partial charge >= 0.3 is 0 Å². The zero-order chi connectivity index (χ0) is 12.6. The second kappa shape index (κ2) is 4.13. The lowest BCUT2D eigenvalue weighted by Gasteiger charge is -2.14. The summed E-state index contributed by atoms with van der Waals surface area (Å²) in [6.45, 7) is 0. The average Bonchev–Trinajstić information content (AvgIpc) is 3.05. The predicted octanol–water partition coefficient (Wildman–Crippen LogP) is 2.63. The maximum atomic E-state index is 13.8. The number of nitrogens with zero attached hydrogens (tertiary/aromatic N) is 1. The van der Waals surface area contributed by atoms with Crippen LogP contribution >= 0.6 is 15.9 Å². The van der Waals surface area contributed by atoms with Crippen molar-refractivity contribution in [3.63, 3.8) is 0 Å². The van der Waals surface area contributed by atoms with Crippen LogP contribution in [0.15, 0.2) is 15.5 Å². The molecule has 2 rings (SSSR count). The van der Waals surface area contributed by atoms with E-state index < -0.39 is 17.1 Å². The van der Waals surface area contributed by atoms with Crippen molar-refractivity contribution in [2.24, 2.45) is 4.99 Å². The number of phenols is 1. The zero-order valence-corrected chi connectivity index (χ0v) is 10.5. The van der Waals surface area contributed by atoms with Crippen molar-refractivity contribution in [3.05, 3.63) is 21.9 Å². The molecule has 1 aliphatic carbocycles. The fourth-order valence-corrected chi connectivity index (χ4v) is 2.35. The molecule has 0 atom stereocenters. The summed E-state index contributed by atoms with van der Waals surface area (Å²) in [4.78, 5) is 14.0. The van der Waals surface area contributed by atoms with Crippen LogP contribution in [0.1, 0.15) is 18.4 Å². The topological polar surface area (TPSA) is 58.9 Å². The molecule has 0 aliphatic heterocycles. The van der Waals surface area contributed by atoms with Gasteiger partial charge in [0, 0.05) is 5.56 Å². The number of aliphatic imine (C=N–C) groups is 1. The molecule has 0 bridgehead atoms. The molecular weight excluding hydrogens is 293 g/mol. The van der Waals surface area contributed by atoms with Crippen molar-refractivity contribution >= 4 is 22.0 Å². The van der Waals surface area contributed by atoms with E-state index >= 15 is 0 Å². The Morgan fingerprint density at radius 1 is 1.65 bits per heavy atom. The van der Waals surface area contributed by atoms with E-state index in [0.717, 1.165) is 0 Å². The van der Waals surface area contributed by atoms with Gasteiger partial charge in [-0.25, -0.2) is 4.79 Å². The zero-order valence-electron chi connectivity index (χ0n) is 8.96. The van der Waals surface area contributed by atoms with Crippen LogP contribution in [-0.2, 0) is 10.3 Å². The van der Waals surface area contributed by atoms with Crippen LogP contribution in [0.4, 0.5) is 4.39 Å². The van der Waals surface area contributed by atoms with Crippen LogP contribution in [0, 0.1) is 5.82 Å². The third-order valence-corrected chi connectivity index (χ3v) is 3.43. The first-order valence-electron chi connectivity index (χ1n) is 4.90. The smallest absolute Gasteiger partial charge is 0.235 e. The van der Waals surface area contributed by atoms with Crippen LogP contribution < -0.4 is 4.74 Å². The molecule has 0 saturated heterocycles. The van der Waals surface area contributed by atoms with Gasteiger partial charge in [0.05, 0.1) is 11.6 Å². The third kappa shape index (κ3) is 1.83. The summed E-state index contributed by atoms with van der Waals surface area (Å²) in [5.41, 5.74) is -0.535. The van der Waals surface area contributed by atoms with E-state index in [9.17, 15) is 14.3 Å². The number of methoxy groups -OCH3 is 1. The first-order valence-corrected chi connectivity index (χ1v) is 5.69. The van der Waals surface area contributed by atoms with Crippen LogP contribution in [-0.4, -0.2) is 18.3 Å². The average molecular weight is 302 g/mol. The van der Waals surface area contributed by atoms with Gasteiger partial charge < -0.3 is 9.84 Å². The highest BCUT2D eigenvalue weighted by atomic mass is 79.9.